The third kappa shape index (κ3) is 9.51. The van der Waals surface area contributed by atoms with Crippen LogP contribution in [0.3, 0.4) is 0 Å². The van der Waals surface area contributed by atoms with E-state index in [9.17, 15) is 22.8 Å². The molecule has 1 amide bonds. The van der Waals surface area contributed by atoms with Gasteiger partial charge < -0.3 is 19.0 Å². The van der Waals surface area contributed by atoms with Gasteiger partial charge in [0, 0.05) is 49.1 Å². The maximum absolute atomic E-state index is 14.9. The number of nitrogens with zero attached hydrogens (tertiary/aromatic N) is 4. The molecular formula is C44H51ClF3N5O4SSi. The van der Waals surface area contributed by atoms with Gasteiger partial charge in [0.2, 0.25) is 0 Å². The van der Waals surface area contributed by atoms with Crippen LogP contribution in [0.5, 0.6) is 0 Å². The van der Waals surface area contributed by atoms with Gasteiger partial charge in [0.1, 0.15) is 11.4 Å². The monoisotopic (exact) mass is 865 g/mol. The Morgan fingerprint density at radius 3 is 2.05 bits per heavy atom. The summed E-state index contributed by atoms with van der Waals surface area (Å²) in [6.45, 7) is 16.2. The number of amides is 1. The summed E-state index contributed by atoms with van der Waals surface area (Å²) in [7, 11) is -3.01. The molecule has 2 aromatic heterocycles. The second kappa shape index (κ2) is 17.3. The Kier molecular flexibility index (Phi) is 13.0. The highest BCUT2D eigenvalue weighted by atomic mass is 35.5. The van der Waals surface area contributed by atoms with Crippen molar-refractivity contribution in [2.75, 3.05) is 30.3 Å². The number of ether oxygens (including phenoxy) is 1. The molecule has 15 heteroatoms. The zero-order valence-corrected chi connectivity index (χ0v) is 37.1. The first-order valence-corrected chi connectivity index (χ1v) is 22.9. The first kappa shape index (κ1) is 44.2. The lowest BCUT2D eigenvalue weighted by atomic mass is 10.0. The van der Waals surface area contributed by atoms with Crippen LogP contribution in [-0.4, -0.2) is 77.4 Å². The van der Waals surface area contributed by atoms with Gasteiger partial charge in [-0.2, -0.15) is 18.2 Å². The van der Waals surface area contributed by atoms with E-state index in [0.717, 1.165) is 33.8 Å². The molecule has 1 N–H and O–H groups in total. The number of aromatic nitrogens is 3. The Hall–Kier alpha value is -4.37. The van der Waals surface area contributed by atoms with Gasteiger partial charge in [-0.15, -0.1) is 11.8 Å². The van der Waals surface area contributed by atoms with E-state index < -0.39 is 54.5 Å². The van der Waals surface area contributed by atoms with Gasteiger partial charge in [0.25, 0.3) is 8.32 Å². The van der Waals surface area contributed by atoms with E-state index in [2.05, 4.69) is 60.0 Å². The number of carbonyl (C=O) groups excluding carboxylic acids is 1. The highest BCUT2D eigenvalue weighted by Crippen LogP contribution is 2.46. The number of alkyl halides is 3. The number of fused-ring (bicyclic) bond motifs is 1. The molecule has 314 valence electrons. The second-order valence-electron chi connectivity index (χ2n) is 17.1. The summed E-state index contributed by atoms with van der Waals surface area (Å²) in [4.78, 5) is 41.3. The number of nitrogens with one attached hydrogen (secondary N) is 1. The van der Waals surface area contributed by atoms with E-state index >= 15 is 0 Å². The molecule has 3 atom stereocenters. The SMILES string of the molecule is C[C@@H]1CN(c2nc(=O)[nH]c3c(SCC(CO[Si](c4ccccc4)(c4ccccc4)C(C)(C)C)c4cccnc4)c(Cl)c(C(F)(F)F)cc23)C[C@H](C)N1C(=O)OC(C)(C)C. The van der Waals surface area contributed by atoms with Crippen molar-refractivity contribution in [1.29, 1.82) is 0 Å². The molecule has 1 fully saturated rings. The fraction of sp³-hybridized carbons (Fsp3) is 0.409. The van der Waals surface area contributed by atoms with Crippen molar-refractivity contribution in [2.24, 2.45) is 0 Å². The molecule has 59 heavy (non-hydrogen) atoms. The number of hydrogen-bond acceptors (Lipinski definition) is 8. The van der Waals surface area contributed by atoms with Crippen LogP contribution in [0.25, 0.3) is 10.9 Å². The van der Waals surface area contributed by atoms with Crippen LogP contribution in [0.4, 0.5) is 23.8 Å². The molecule has 0 bridgehead atoms. The fourth-order valence-electron chi connectivity index (χ4n) is 8.01. The molecular weight excluding hydrogens is 815 g/mol. The minimum Gasteiger partial charge on any atom is -0.444 e. The molecule has 5 aromatic rings. The van der Waals surface area contributed by atoms with Crippen molar-refractivity contribution < 1.29 is 27.1 Å². The van der Waals surface area contributed by atoms with Crippen molar-refractivity contribution in [3.8, 4) is 0 Å². The minimum absolute atomic E-state index is 0.0741. The molecule has 1 aliphatic heterocycles. The third-order valence-corrected chi connectivity index (χ3v) is 17.3. The summed E-state index contributed by atoms with van der Waals surface area (Å²) in [6.07, 6.45) is -1.90. The van der Waals surface area contributed by atoms with Crippen molar-refractivity contribution in [3.05, 3.63) is 118 Å². The van der Waals surface area contributed by atoms with Crippen LogP contribution in [0, 0.1) is 0 Å². The summed E-state index contributed by atoms with van der Waals surface area (Å²) in [5.41, 5.74) is -1.51. The standard InChI is InChI=1S/C44H51ClF3N5O4SSi/c1-28-24-52(25-29(2)53(28)41(55)57-42(3,4)5)39-34-22-35(44(46,47)48)36(45)38(37(34)50-40(54)51-39)58-27-31(30-16-15-21-49-23-30)26-56-59(43(6,7)8,32-17-11-9-12-18-32)33-19-13-10-14-20-33/h9-23,28-29,31H,24-27H2,1-8H3,(H,50,51,54)/t28-,29+,31?. The molecule has 9 nitrogen and oxygen atoms in total. The molecule has 3 aromatic carbocycles. The van der Waals surface area contributed by atoms with Gasteiger partial charge in [-0.25, -0.2) is 9.59 Å². The number of carbonyl (C=O) groups is 1. The van der Waals surface area contributed by atoms with Crippen molar-refractivity contribution in [2.45, 2.75) is 95.1 Å². The Bertz CT molecular complexity index is 2260. The summed E-state index contributed by atoms with van der Waals surface area (Å²) >= 11 is 7.85. The van der Waals surface area contributed by atoms with E-state index in [-0.39, 0.29) is 58.0 Å². The fourth-order valence-corrected chi connectivity index (χ4v) is 14.2. The number of thioether (sulfide) groups is 1. The normalized spacial score (nSPS) is 17.3. The summed E-state index contributed by atoms with van der Waals surface area (Å²) in [5, 5.41) is 1.44. The Morgan fingerprint density at radius 1 is 0.949 bits per heavy atom. The molecule has 1 aliphatic rings. The third-order valence-electron chi connectivity index (χ3n) is 10.5. The summed E-state index contributed by atoms with van der Waals surface area (Å²) < 4.78 is 57.6. The number of hydrogen-bond donors (Lipinski definition) is 1. The molecule has 0 spiro atoms. The number of rotatable bonds is 10. The zero-order valence-electron chi connectivity index (χ0n) is 34.6. The van der Waals surface area contributed by atoms with E-state index in [1.165, 1.54) is 0 Å². The lowest BCUT2D eigenvalue weighted by Gasteiger charge is -2.45. The quantitative estimate of drug-likeness (QED) is 0.110. The largest absolute Gasteiger partial charge is 0.444 e. The van der Waals surface area contributed by atoms with Gasteiger partial charge in [-0.3, -0.25) is 9.88 Å². The van der Waals surface area contributed by atoms with Gasteiger partial charge >= 0.3 is 18.0 Å². The predicted molar refractivity (Wildman–Crippen MR) is 233 cm³/mol. The van der Waals surface area contributed by atoms with Gasteiger partial charge in [-0.1, -0.05) is 99.1 Å². The van der Waals surface area contributed by atoms with Crippen molar-refractivity contribution in [3.63, 3.8) is 0 Å². The van der Waals surface area contributed by atoms with Crippen molar-refractivity contribution in [1.82, 2.24) is 19.9 Å². The average molecular weight is 867 g/mol. The molecule has 1 saturated heterocycles. The maximum Gasteiger partial charge on any atom is 0.417 e. The molecule has 3 heterocycles. The topological polar surface area (TPSA) is 101 Å². The Balaban J connectivity index is 1.41. The van der Waals surface area contributed by atoms with Gasteiger partial charge in [-0.05, 0) is 67.7 Å². The number of piperazine rings is 1. The van der Waals surface area contributed by atoms with Gasteiger partial charge in [0.15, 0.2) is 0 Å². The highest BCUT2D eigenvalue weighted by Gasteiger charge is 2.50. The summed E-state index contributed by atoms with van der Waals surface area (Å²) in [6, 6.07) is 24.3. The first-order valence-electron chi connectivity index (χ1n) is 19.6. The number of pyridine rings is 1. The smallest absolute Gasteiger partial charge is 0.417 e. The Labute approximate surface area is 353 Å². The first-order chi connectivity index (χ1) is 27.7. The lowest BCUT2D eigenvalue weighted by molar-refractivity contribution is -0.137. The van der Waals surface area contributed by atoms with E-state index in [0.29, 0.717) is 0 Å². The van der Waals surface area contributed by atoms with E-state index in [1.807, 2.05) is 62.4 Å². The minimum atomic E-state index is -4.82. The van der Waals surface area contributed by atoms with Crippen LogP contribution in [0.1, 0.15) is 72.4 Å². The zero-order chi connectivity index (χ0) is 42.9. The number of anilines is 1. The molecule has 0 saturated carbocycles. The van der Waals surface area contributed by atoms with E-state index in [4.69, 9.17) is 20.8 Å². The second-order valence-corrected chi connectivity index (χ2v) is 22.8. The van der Waals surface area contributed by atoms with Crippen LogP contribution in [-0.2, 0) is 15.3 Å². The number of benzene rings is 3. The molecule has 1 unspecified atom stereocenters. The number of halogens is 4. The van der Waals surface area contributed by atoms with Crippen LogP contribution in [0.2, 0.25) is 10.1 Å². The molecule has 6 rings (SSSR count). The van der Waals surface area contributed by atoms with Gasteiger partial charge in [0.05, 0.1) is 33.1 Å². The number of H-pyrrole nitrogens is 1. The molecule has 0 aliphatic carbocycles. The average Bonchev–Trinajstić information content (AvgIpc) is 3.15. The maximum atomic E-state index is 14.9. The van der Waals surface area contributed by atoms with Crippen LogP contribution >= 0.6 is 23.4 Å². The lowest BCUT2D eigenvalue weighted by Crippen LogP contribution is -2.66. The van der Waals surface area contributed by atoms with Crippen LogP contribution < -0.4 is 21.0 Å². The van der Waals surface area contributed by atoms with Crippen molar-refractivity contribution >= 4 is 64.9 Å². The van der Waals surface area contributed by atoms with Crippen LogP contribution in [0.15, 0.2) is 101 Å². The predicted octanol–water partition coefficient (Wildman–Crippen LogP) is 9.28. The number of aromatic amines is 1. The summed E-state index contributed by atoms with van der Waals surface area (Å²) in [5.74, 6) is -0.0386. The molecule has 0 radical (unpaired) electrons. The van der Waals surface area contributed by atoms with E-state index in [1.54, 1.807) is 43.0 Å². The highest BCUT2D eigenvalue weighted by molar-refractivity contribution is 7.99. The Morgan fingerprint density at radius 2 is 1.54 bits per heavy atom.